The number of carbonyl (C=O) groups excluding carboxylic acids is 1. The molecule has 0 saturated heterocycles. The molecule has 0 radical (unpaired) electrons. The van der Waals surface area contributed by atoms with E-state index in [0.29, 0.717) is 5.02 Å². The maximum Gasteiger partial charge on any atom is 0.282 e. The van der Waals surface area contributed by atoms with E-state index in [1.54, 1.807) is 18.2 Å². The van der Waals surface area contributed by atoms with Gasteiger partial charge in [-0.2, -0.15) is 12.8 Å². The zero-order valence-electron chi connectivity index (χ0n) is 12.3. The van der Waals surface area contributed by atoms with Crippen LogP contribution in [0.2, 0.25) is 5.02 Å². The molecule has 0 unspecified atom stereocenters. The van der Waals surface area contributed by atoms with Crippen molar-refractivity contribution >= 4 is 67.9 Å². The van der Waals surface area contributed by atoms with E-state index in [9.17, 15) is 13.2 Å². The van der Waals surface area contributed by atoms with Gasteiger partial charge in [0, 0.05) is 16.1 Å². The van der Waals surface area contributed by atoms with E-state index in [2.05, 4.69) is 4.40 Å². The number of alkyl halides is 3. The summed E-state index contributed by atoms with van der Waals surface area (Å²) in [5.74, 6) is -0.603. The van der Waals surface area contributed by atoms with E-state index in [1.165, 1.54) is 30.3 Å². The minimum atomic E-state index is -4.10. The van der Waals surface area contributed by atoms with Crippen LogP contribution in [0.15, 0.2) is 57.8 Å². The van der Waals surface area contributed by atoms with Gasteiger partial charge in [-0.15, -0.1) is 11.6 Å². The van der Waals surface area contributed by atoms with Gasteiger partial charge in [0.15, 0.2) is 0 Å². The van der Waals surface area contributed by atoms with Crippen molar-refractivity contribution in [2.45, 2.75) is 14.6 Å². The predicted octanol–water partition coefficient (Wildman–Crippen LogP) is 4.50. The third-order valence-corrected chi connectivity index (χ3v) is 6.73. The molecule has 3 rings (SSSR count). The number of halogens is 4. The highest BCUT2D eigenvalue weighted by Gasteiger charge is 2.50. The predicted molar refractivity (Wildman–Crippen MR) is 100 cm³/mol. The number of nitrogens with zero attached hydrogens (tertiary/aromatic N) is 1. The summed E-state index contributed by atoms with van der Waals surface area (Å²) in [6, 6.07) is 11.8. The van der Waals surface area contributed by atoms with E-state index >= 15 is 0 Å². The Balaban J connectivity index is 2.21. The van der Waals surface area contributed by atoms with Gasteiger partial charge in [0.1, 0.15) is 5.38 Å². The summed E-state index contributed by atoms with van der Waals surface area (Å²) >= 11 is 24.2. The minimum Gasteiger partial charge on any atom is -0.291 e. The molecule has 9 heteroatoms. The molecule has 0 aliphatic heterocycles. The molecule has 0 spiro atoms. The molecule has 1 aliphatic rings. The molecule has 0 N–H and O–H groups in total. The fourth-order valence-electron chi connectivity index (χ4n) is 2.39. The Labute approximate surface area is 164 Å². The molecule has 0 aromatic heterocycles. The lowest BCUT2D eigenvalue weighted by Gasteiger charge is -2.31. The molecular weight excluding hydrogens is 428 g/mol. The summed E-state index contributed by atoms with van der Waals surface area (Å²) in [5, 5.41) is -0.948. The Morgan fingerprint density at radius 1 is 0.960 bits per heavy atom. The molecule has 25 heavy (non-hydrogen) atoms. The van der Waals surface area contributed by atoms with Crippen LogP contribution in [0.25, 0.3) is 0 Å². The zero-order valence-corrected chi connectivity index (χ0v) is 16.1. The molecule has 4 nitrogen and oxygen atoms in total. The number of hydrogen-bond donors (Lipinski definition) is 0. The maximum atomic E-state index is 12.6. The first-order valence-corrected chi connectivity index (χ1v) is 9.92. The van der Waals surface area contributed by atoms with Crippen molar-refractivity contribution in [3.63, 3.8) is 0 Å². The van der Waals surface area contributed by atoms with Crippen molar-refractivity contribution in [3.8, 4) is 0 Å². The first-order chi connectivity index (χ1) is 11.6. The lowest BCUT2D eigenvalue weighted by atomic mass is 9.88. The van der Waals surface area contributed by atoms with Gasteiger partial charge in [0.25, 0.3) is 10.0 Å². The number of sulfonamides is 1. The number of Topliss-reactive ketones (excluding diaryl/α,β-unsaturated/α-hetero) is 1. The number of fused-ring (bicyclic) bond motifs is 1. The molecule has 0 amide bonds. The van der Waals surface area contributed by atoms with Gasteiger partial charge in [0.05, 0.1) is 10.6 Å². The second kappa shape index (κ2) is 6.56. The number of ketones is 1. The summed E-state index contributed by atoms with van der Waals surface area (Å²) in [6.45, 7) is 0. The molecule has 0 bridgehead atoms. The fraction of sp³-hybridized carbons (Fsp3) is 0.125. The third-order valence-electron chi connectivity index (χ3n) is 3.64. The molecule has 0 saturated carbocycles. The van der Waals surface area contributed by atoms with Crippen LogP contribution in [0.5, 0.6) is 0 Å². The number of carbonyl (C=O) groups is 1. The highest BCUT2D eigenvalue weighted by Crippen LogP contribution is 2.41. The fourth-order valence-corrected chi connectivity index (χ4v) is 4.30. The molecule has 1 aliphatic carbocycles. The van der Waals surface area contributed by atoms with Crippen LogP contribution < -0.4 is 0 Å². The molecule has 1 atom stereocenters. The van der Waals surface area contributed by atoms with Crippen molar-refractivity contribution in [3.05, 3.63) is 64.7 Å². The number of hydrogen-bond acceptors (Lipinski definition) is 3. The smallest absolute Gasteiger partial charge is 0.282 e. The average Bonchev–Trinajstić information content (AvgIpc) is 2.58. The van der Waals surface area contributed by atoms with Crippen LogP contribution in [0.1, 0.15) is 15.9 Å². The van der Waals surface area contributed by atoms with Crippen molar-refractivity contribution in [1.29, 1.82) is 0 Å². The van der Waals surface area contributed by atoms with Gasteiger partial charge in [-0.25, -0.2) is 0 Å². The van der Waals surface area contributed by atoms with E-state index in [4.69, 9.17) is 46.4 Å². The van der Waals surface area contributed by atoms with Gasteiger partial charge in [-0.3, -0.25) is 4.79 Å². The highest BCUT2D eigenvalue weighted by atomic mass is 35.5. The quantitative estimate of drug-likeness (QED) is 0.651. The Kier molecular flexibility index (Phi) is 4.90. The van der Waals surface area contributed by atoms with Crippen LogP contribution in [-0.4, -0.2) is 29.6 Å². The van der Waals surface area contributed by atoms with Crippen LogP contribution in [0.3, 0.4) is 0 Å². The summed E-state index contributed by atoms with van der Waals surface area (Å²) in [6.07, 6.45) is 0. The lowest BCUT2D eigenvalue weighted by Crippen LogP contribution is -2.46. The Hall–Kier alpha value is -1.11. The SMILES string of the molecule is O=C1c2ccccc2C(=NS(=O)(=O)c2ccc(Cl)cc2)[C@@H](Cl)C1(Cl)Cl. The summed E-state index contributed by atoms with van der Waals surface area (Å²) in [5.41, 5.74) is 0.355. The van der Waals surface area contributed by atoms with E-state index in [1.807, 2.05) is 0 Å². The standard InChI is InChI=1S/C16H9Cl4NO3S/c17-9-5-7-10(8-6-9)25(23,24)21-13-11-3-1-2-4-12(11)15(22)16(19,20)14(13)18/h1-8,14H/t14-/m1/s1. The van der Waals surface area contributed by atoms with Crippen LogP contribution >= 0.6 is 46.4 Å². The van der Waals surface area contributed by atoms with Crippen LogP contribution in [0, 0.1) is 0 Å². The van der Waals surface area contributed by atoms with Gasteiger partial charge in [-0.05, 0) is 24.3 Å². The normalized spacial score (nSPS) is 21.2. The zero-order chi connectivity index (χ0) is 18.4. The van der Waals surface area contributed by atoms with Gasteiger partial charge in [-0.1, -0.05) is 59.1 Å². The summed E-state index contributed by atoms with van der Waals surface area (Å²) in [7, 11) is -4.10. The molecule has 0 fully saturated rings. The Morgan fingerprint density at radius 2 is 1.52 bits per heavy atom. The summed E-state index contributed by atoms with van der Waals surface area (Å²) < 4.78 is 27.0. The van der Waals surface area contributed by atoms with Gasteiger partial charge < -0.3 is 0 Å². The number of benzene rings is 2. The van der Waals surface area contributed by atoms with Gasteiger partial charge in [0.2, 0.25) is 10.1 Å². The van der Waals surface area contributed by atoms with Gasteiger partial charge >= 0.3 is 0 Å². The van der Waals surface area contributed by atoms with Crippen LogP contribution in [0.4, 0.5) is 0 Å². The number of rotatable bonds is 2. The Bertz CT molecular complexity index is 985. The molecule has 0 heterocycles. The second-order valence-corrected chi connectivity index (χ2v) is 9.13. The van der Waals surface area contributed by atoms with Crippen molar-refractivity contribution in [2.24, 2.45) is 4.40 Å². The van der Waals surface area contributed by atoms with E-state index in [-0.39, 0.29) is 21.7 Å². The van der Waals surface area contributed by atoms with Crippen molar-refractivity contribution < 1.29 is 13.2 Å². The Morgan fingerprint density at radius 3 is 2.12 bits per heavy atom. The van der Waals surface area contributed by atoms with E-state index < -0.39 is 25.5 Å². The molecule has 130 valence electrons. The first kappa shape index (κ1) is 18.7. The molecular formula is C16H9Cl4NO3S. The monoisotopic (exact) mass is 435 g/mol. The average molecular weight is 437 g/mol. The largest absolute Gasteiger partial charge is 0.291 e. The second-order valence-electron chi connectivity index (χ2n) is 5.27. The topological polar surface area (TPSA) is 63.6 Å². The lowest BCUT2D eigenvalue weighted by molar-refractivity contribution is 0.0972. The van der Waals surface area contributed by atoms with Crippen molar-refractivity contribution in [2.75, 3.05) is 0 Å². The van der Waals surface area contributed by atoms with Crippen LogP contribution in [-0.2, 0) is 10.0 Å². The van der Waals surface area contributed by atoms with Crippen molar-refractivity contribution in [1.82, 2.24) is 0 Å². The molecule has 2 aromatic rings. The first-order valence-electron chi connectivity index (χ1n) is 6.91. The summed E-state index contributed by atoms with van der Waals surface area (Å²) in [4.78, 5) is 12.3. The molecule has 2 aromatic carbocycles. The minimum absolute atomic E-state index is 0.0719. The highest BCUT2D eigenvalue weighted by molar-refractivity contribution is 7.90. The maximum absolute atomic E-state index is 12.6. The third kappa shape index (κ3) is 3.32. The van der Waals surface area contributed by atoms with E-state index in [0.717, 1.165) is 0 Å².